The lowest BCUT2D eigenvalue weighted by molar-refractivity contribution is 0.135. The standard InChI is InChI=1S/C11H20N2O3S2/c1-3-13(5-6-16-4-2)18(14,15)11-7-10(8-12)9-17-11/h7,9H,3-6,8,12H2,1-2H3. The first-order valence-corrected chi connectivity index (χ1v) is 8.23. The molecule has 0 saturated heterocycles. The molecule has 0 radical (unpaired) electrons. The normalized spacial score (nSPS) is 12.2. The summed E-state index contributed by atoms with van der Waals surface area (Å²) in [6.45, 7) is 5.88. The molecule has 7 heteroatoms. The van der Waals surface area contributed by atoms with Crippen molar-refractivity contribution in [3.8, 4) is 0 Å². The summed E-state index contributed by atoms with van der Waals surface area (Å²) in [4.78, 5) is 0. The molecule has 0 aliphatic heterocycles. The van der Waals surface area contributed by atoms with Gasteiger partial charge >= 0.3 is 0 Å². The Morgan fingerprint density at radius 1 is 1.44 bits per heavy atom. The average molecular weight is 292 g/mol. The highest BCUT2D eigenvalue weighted by Gasteiger charge is 2.24. The average Bonchev–Trinajstić information content (AvgIpc) is 2.83. The number of rotatable bonds is 8. The fourth-order valence-electron chi connectivity index (χ4n) is 1.48. The summed E-state index contributed by atoms with van der Waals surface area (Å²) < 4.78 is 31.6. The van der Waals surface area contributed by atoms with Crippen molar-refractivity contribution in [1.29, 1.82) is 0 Å². The van der Waals surface area contributed by atoms with Gasteiger partial charge in [-0.2, -0.15) is 4.31 Å². The first-order valence-electron chi connectivity index (χ1n) is 5.91. The van der Waals surface area contributed by atoms with E-state index in [1.807, 2.05) is 13.8 Å². The maximum absolute atomic E-state index is 12.3. The molecule has 0 aromatic carbocycles. The van der Waals surface area contributed by atoms with Gasteiger partial charge in [0.15, 0.2) is 0 Å². The van der Waals surface area contributed by atoms with Crippen molar-refractivity contribution in [2.75, 3.05) is 26.3 Å². The van der Waals surface area contributed by atoms with E-state index in [4.69, 9.17) is 10.5 Å². The minimum Gasteiger partial charge on any atom is -0.380 e. The summed E-state index contributed by atoms with van der Waals surface area (Å²) >= 11 is 1.21. The van der Waals surface area contributed by atoms with Crippen molar-refractivity contribution in [1.82, 2.24) is 4.31 Å². The number of hydrogen-bond acceptors (Lipinski definition) is 5. The molecule has 1 rings (SSSR count). The van der Waals surface area contributed by atoms with Crippen LogP contribution in [0, 0.1) is 0 Å². The Bertz CT molecular complexity index is 457. The molecule has 0 atom stereocenters. The topological polar surface area (TPSA) is 72.6 Å². The van der Waals surface area contributed by atoms with Crippen LogP contribution in [0.15, 0.2) is 15.7 Å². The predicted molar refractivity (Wildman–Crippen MR) is 73.1 cm³/mol. The van der Waals surface area contributed by atoms with Crippen molar-refractivity contribution in [3.05, 3.63) is 17.0 Å². The van der Waals surface area contributed by atoms with Crippen molar-refractivity contribution in [2.45, 2.75) is 24.6 Å². The molecular weight excluding hydrogens is 272 g/mol. The van der Waals surface area contributed by atoms with E-state index in [2.05, 4.69) is 0 Å². The lowest BCUT2D eigenvalue weighted by Gasteiger charge is -2.19. The van der Waals surface area contributed by atoms with E-state index in [1.54, 1.807) is 11.4 Å². The number of nitrogens with zero attached hydrogens (tertiary/aromatic N) is 1. The van der Waals surface area contributed by atoms with Gasteiger partial charge in [0.05, 0.1) is 6.61 Å². The van der Waals surface area contributed by atoms with Gasteiger partial charge in [0.2, 0.25) is 0 Å². The van der Waals surface area contributed by atoms with E-state index in [0.29, 0.717) is 37.1 Å². The van der Waals surface area contributed by atoms with E-state index in [0.717, 1.165) is 5.56 Å². The quantitative estimate of drug-likeness (QED) is 0.732. The first-order chi connectivity index (χ1) is 8.56. The molecule has 1 heterocycles. The van der Waals surface area contributed by atoms with E-state index < -0.39 is 10.0 Å². The predicted octanol–water partition coefficient (Wildman–Crippen LogP) is 1.25. The Balaban J connectivity index is 2.82. The Labute approximate surface area is 113 Å². The summed E-state index contributed by atoms with van der Waals surface area (Å²) in [7, 11) is -3.40. The molecule has 0 amide bonds. The molecular formula is C11H20N2O3S2. The zero-order valence-electron chi connectivity index (χ0n) is 10.8. The van der Waals surface area contributed by atoms with E-state index in [-0.39, 0.29) is 0 Å². The third-order valence-corrected chi connectivity index (χ3v) is 5.94. The lowest BCUT2D eigenvalue weighted by atomic mass is 10.4. The monoisotopic (exact) mass is 292 g/mol. The maximum Gasteiger partial charge on any atom is 0.252 e. The van der Waals surface area contributed by atoms with Gasteiger partial charge in [0, 0.05) is 26.2 Å². The smallest absolute Gasteiger partial charge is 0.252 e. The summed E-state index contributed by atoms with van der Waals surface area (Å²) in [6, 6.07) is 1.64. The molecule has 0 aliphatic rings. The van der Waals surface area contributed by atoms with Crippen LogP contribution >= 0.6 is 11.3 Å². The molecule has 104 valence electrons. The molecule has 0 unspecified atom stereocenters. The minimum absolute atomic E-state index is 0.348. The molecule has 1 aromatic rings. The zero-order chi connectivity index (χ0) is 13.6. The summed E-state index contributed by atoms with van der Waals surface area (Å²) in [6.07, 6.45) is 0. The molecule has 18 heavy (non-hydrogen) atoms. The van der Waals surface area contributed by atoms with Gasteiger partial charge in [-0.05, 0) is 23.9 Å². The number of hydrogen-bond donors (Lipinski definition) is 1. The molecule has 0 bridgehead atoms. The molecule has 2 N–H and O–H groups in total. The summed E-state index contributed by atoms with van der Waals surface area (Å²) in [5, 5.41) is 1.78. The summed E-state index contributed by atoms with van der Waals surface area (Å²) in [5.74, 6) is 0. The van der Waals surface area contributed by atoms with Gasteiger partial charge < -0.3 is 10.5 Å². The van der Waals surface area contributed by atoms with Crippen LogP contribution in [-0.2, 0) is 21.3 Å². The number of nitrogens with two attached hydrogens (primary N) is 1. The third kappa shape index (κ3) is 3.76. The molecule has 5 nitrogen and oxygen atoms in total. The Hall–Kier alpha value is -0.470. The van der Waals surface area contributed by atoms with Crippen LogP contribution in [0.5, 0.6) is 0 Å². The van der Waals surface area contributed by atoms with E-state index in [9.17, 15) is 8.42 Å². The molecule has 1 aromatic heterocycles. The van der Waals surface area contributed by atoms with Crippen LogP contribution in [0.25, 0.3) is 0 Å². The third-order valence-electron chi connectivity index (χ3n) is 2.50. The molecule has 0 aliphatic carbocycles. The number of sulfonamides is 1. The van der Waals surface area contributed by atoms with Crippen molar-refractivity contribution < 1.29 is 13.2 Å². The van der Waals surface area contributed by atoms with Crippen LogP contribution in [0.4, 0.5) is 0 Å². The number of likely N-dealkylation sites (N-methyl/N-ethyl adjacent to an activating group) is 1. The second-order valence-corrected chi connectivity index (χ2v) is 6.75. The zero-order valence-corrected chi connectivity index (χ0v) is 12.4. The maximum atomic E-state index is 12.3. The highest BCUT2D eigenvalue weighted by atomic mass is 32.2. The van der Waals surface area contributed by atoms with Crippen LogP contribution in [0.1, 0.15) is 19.4 Å². The Kier molecular flexibility index (Phi) is 6.24. The van der Waals surface area contributed by atoms with Crippen LogP contribution in [-0.4, -0.2) is 39.0 Å². The van der Waals surface area contributed by atoms with Gasteiger partial charge in [-0.1, -0.05) is 6.92 Å². The van der Waals surface area contributed by atoms with Crippen molar-refractivity contribution in [3.63, 3.8) is 0 Å². The number of thiophene rings is 1. The largest absolute Gasteiger partial charge is 0.380 e. The van der Waals surface area contributed by atoms with Crippen LogP contribution < -0.4 is 5.73 Å². The fourth-order valence-corrected chi connectivity index (χ4v) is 4.29. The lowest BCUT2D eigenvalue weighted by Crippen LogP contribution is -2.33. The highest BCUT2D eigenvalue weighted by Crippen LogP contribution is 2.23. The van der Waals surface area contributed by atoms with Gasteiger partial charge in [0.25, 0.3) is 10.0 Å². The van der Waals surface area contributed by atoms with Gasteiger partial charge in [-0.15, -0.1) is 11.3 Å². The van der Waals surface area contributed by atoms with Gasteiger partial charge in [-0.3, -0.25) is 0 Å². The number of ether oxygens (including phenoxy) is 1. The van der Waals surface area contributed by atoms with E-state index >= 15 is 0 Å². The summed E-state index contributed by atoms with van der Waals surface area (Å²) in [5.41, 5.74) is 6.34. The van der Waals surface area contributed by atoms with Gasteiger partial charge in [0.1, 0.15) is 4.21 Å². The fraction of sp³-hybridized carbons (Fsp3) is 0.636. The molecule has 0 saturated carbocycles. The first kappa shape index (κ1) is 15.6. The van der Waals surface area contributed by atoms with Gasteiger partial charge in [-0.25, -0.2) is 8.42 Å². The van der Waals surface area contributed by atoms with Crippen LogP contribution in [0.2, 0.25) is 0 Å². The van der Waals surface area contributed by atoms with E-state index in [1.165, 1.54) is 15.6 Å². The SMILES string of the molecule is CCOCCN(CC)S(=O)(=O)c1cc(CN)cs1. The molecule has 0 fully saturated rings. The Morgan fingerprint density at radius 2 is 2.17 bits per heavy atom. The second-order valence-electron chi connectivity index (χ2n) is 3.67. The van der Waals surface area contributed by atoms with Crippen molar-refractivity contribution >= 4 is 21.4 Å². The molecule has 0 spiro atoms. The highest BCUT2D eigenvalue weighted by molar-refractivity contribution is 7.91. The minimum atomic E-state index is -3.40. The Morgan fingerprint density at radius 3 is 2.67 bits per heavy atom. The van der Waals surface area contributed by atoms with Crippen LogP contribution in [0.3, 0.4) is 0 Å². The van der Waals surface area contributed by atoms with Crippen molar-refractivity contribution in [2.24, 2.45) is 5.73 Å². The second kappa shape index (κ2) is 7.20.